The monoisotopic (exact) mass is 522 g/mol. The summed E-state index contributed by atoms with van der Waals surface area (Å²) in [6, 6.07) is 21.5. The highest BCUT2D eigenvalue weighted by Gasteiger charge is 2.02. The van der Waals surface area contributed by atoms with Crippen LogP contribution in [0.4, 0.5) is 0 Å². The highest BCUT2D eigenvalue weighted by Crippen LogP contribution is 2.15. The molecule has 1 aromatic heterocycles. The van der Waals surface area contributed by atoms with Gasteiger partial charge in [-0.25, -0.2) is 0 Å². The molecule has 0 atom stereocenters. The minimum absolute atomic E-state index is 0. The fraction of sp³-hybridized carbons (Fsp3) is 0.182. The van der Waals surface area contributed by atoms with Crippen LogP contribution >= 0.6 is 35.6 Å². The standard InChI is InChI=1S/C22H23ClN4O.HI/c1-24-22(26-14-17-6-4-8-19(23)12-17)27-15-18-7-5-10-21(13-18)28-16-20-9-2-3-11-25-20;/h2-13H,14-16H2,1H3,(H2,24,26,27);1H. The highest BCUT2D eigenvalue weighted by molar-refractivity contribution is 14.0. The molecule has 0 saturated heterocycles. The van der Waals surface area contributed by atoms with Gasteiger partial charge in [-0.3, -0.25) is 9.98 Å². The van der Waals surface area contributed by atoms with Crippen LogP contribution in [0.2, 0.25) is 5.02 Å². The molecule has 0 saturated carbocycles. The van der Waals surface area contributed by atoms with Gasteiger partial charge in [-0.15, -0.1) is 24.0 Å². The molecule has 3 rings (SSSR count). The van der Waals surface area contributed by atoms with Gasteiger partial charge < -0.3 is 15.4 Å². The quantitative estimate of drug-likeness (QED) is 0.266. The molecular weight excluding hydrogens is 499 g/mol. The topological polar surface area (TPSA) is 58.5 Å². The zero-order valence-electron chi connectivity index (χ0n) is 16.1. The summed E-state index contributed by atoms with van der Waals surface area (Å²) in [5.74, 6) is 1.53. The van der Waals surface area contributed by atoms with E-state index >= 15 is 0 Å². The Kier molecular flexibility index (Phi) is 9.73. The summed E-state index contributed by atoms with van der Waals surface area (Å²) in [5.41, 5.74) is 3.10. The minimum Gasteiger partial charge on any atom is -0.487 e. The van der Waals surface area contributed by atoms with E-state index in [1.807, 2.05) is 66.7 Å². The number of benzene rings is 2. The average molecular weight is 523 g/mol. The van der Waals surface area contributed by atoms with Crippen LogP contribution in [0.3, 0.4) is 0 Å². The molecule has 29 heavy (non-hydrogen) atoms. The van der Waals surface area contributed by atoms with E-state index in [0.29, 0.717) is 19.7 Å². The summed E-state index contributed by atoms with van der Waals surface area (Å²) in [5, 5.41) is 7.32. The van der Waals surface area contributed by atoms with Gasteiger partial charge in [-0.1, -0.05) is 41.9 Å². The predicted octanol–water partition coefficient (Wildman–Crippen LogP) is 4.80. The Morgan fingerprint density at radius 3 is 2.34 bits per heavy atom. The molecule has 0 aliphatic carbocycles. The molecule has 0 radical (unpaired) electrons. The van der Waals surface area contributed by atoms with Gasteiger partial charge in [-0.05, 0) is 47.5 Å². The van der Waals surface area contributed by atoms with Gasteiger partial charge in [-0.2, -0.15) is 0 Å². The molecular formula is C22H24ClIN4O. The van der Waals surface area contributed by atoms with E-state index in [9.17, 15) is 0 Å². The van der Waals surface area contributed by atoms with Gasteiger partial charge in [0.05, 0.1) is 5.69 Å². The van der Waals surface area contributed by atoms with Crippen LogP contribution in [0.5, 0.6) is 5.75 Å². The van der Waals surface area contributed by atoms with E-state index in [-0.39, 0.29) is 24.0 Å². The largest absolute Gasteiger partial charge is 0.487 e. The molecule has 0 fully saturated rings. The zero-order valence-corrected chi connectivity index (χ0v) is 19.2. The second-order valence-corrected chi connectivity index (χ2v) is 6.60. The Morgan fingerprint density at radius 2 is 1.69 bits per heavy atom. The van der Waals surface area contributed by atoms with Crippen LogP contribution in [-0.2, 0) is 19.7 Å². The smallest absolute Gasteiger partial charge is 0.191 e. The van der Waals surface area contributed by atoms with Gasteiger partial charge >= 0.3 is 0 Å². The van der Waals surface area contributed by atoms with Crippen molar-refractivity contribution in [2.75, 3.05) is 7.05 Å². The minimum atomic E-state index is 0. The van der Waals surface area contributed by atoms with Crippen LogP contribution in [-0.4, -0.2) is 18.0 Å². The lowest BCUT2D eigenvalue weighted by Crippen LogP contribution is -2.36. The van der Waals surface area contributed by atoms with Crippen LogP contribution in [0.25, 0.3) is 0 Å². The summed E-state index contributed by atoms with van der Waals surface area (Å²) < 4.78 is 5.83. The fourth-order valence-corrected chi connectivity index (χ4v) is 2.84. The molecule has 0 aliphatic heterocycles. The van der Waals surface area contributed by atoms with E-state index in [0.717, 1.165) is 33.6 Å². The van der Waals surface area contributed by atoms with Gasteiger partial charge in [0, 0.05) is 31.4 Å². The maximum Gasteiger partial charge on any atom is 0.191 e. The van der Waals surface area contributed by atoms with Crippen LogP contribution in [0.15, 0.2) is 77.9 Å². The summed E-state index contributed by atoms with van der Waals surface area (Å²) >= 11 is 6.03. The Morgan fingerprint density at radius 1 is 0.966 bits per heavy atom. The SMILES string of the molecule is CN=C(NCc1cccc(Cl)c1)NCc1cccc(OCc2ccccn2)c1.I. The predicted molar refractivity (Wildman–Crippen MR) is 129 cm³/mol. The third kappa shape index (κ3) is 7.91. The second kappa shape index (κ2) is 12.3. The maximum atomic E-state index is 6.03. The second-order valence-electron chi connectivity index (χ2n) is 6.17. The molecule has 0 aliphatic rings. The fourth-order valence-electron chi connectivity index (χ4n) is 2.63. The molecule has 2 N–H and O–H groups in total. The number of hydrogen-bond donors (Lipinski definition) is 2. The van der Waals surface area contributed by atoms with E-state index in [1.165, 1.54) is 0 Å². The Hall–Kier alpha value is -2.32. The number of guanidine groups is 1. The molecule has 7 heteroatoms. The van der Waals surface area contributed by atoms with Crippen molar-refractivity contribution >= 4 is 41.5 Å². The molecule has 152 valence electrons. The zero-order chi connectivity index (χ0) is 19.6. The molecule has 1 heterocycles. The molecule has 0 spiro atoms. The van der Waals surface area contributed by atoms with Crippen molar-refractivity contribution in [3.05, 3.63) is 94.8 Å². The third-order valence-electron chi connectivity index (χ3n) is 4.04. The third-order valence-corrected chi connectivity index (χ3v) is 4.28. The Balaban J connectivity index is 0.00000300. The molecule has 0 unspecified atom stereocenters. The van der Waals surface area contributed by atoms with Gasteiger partial charge in [0.1, 0.15) is 12.4 Å². The normalized spacial score (nSPS) is 10.8. The summed E-state index contributed by atoms with van der Waals surface area (Å²) in [6.45, 7) is 1.73. The van der Waals surface area contributed by atoms with E-state index in [1.54, 1.807) is 13.2 Å². The van der Waals surface area contributed by atoms with Gasteiger partial charge in [0.25, 0.3) is 0 Å². The summed E-state index contributed by atoms with van der Waals surface area (Å²) in [6.07, 6.45) is 1.76. The molecule has 5 nitrogen and oxygen atoms in total. The summed E-state index contributed by atoms with van der Waals surface area (Å²) in [7, 11) is 1.75. The number of rotatable bonds is 7. The Bertz CT molecular complexity index is 921. The lowest BCUT2D eigenvalue weighted by molar-refractivity contribution is 0.301. The van der Waals surface area contributed by atoms with Crippen molar-refractivity contribution in [1.82, 2.24) is 15.6 Å². The van der Waals surface area contributed by atoms with Gasteiger partial charge in [0.15, 0.2) is 5.96 Å². The first kappa shape index (κ1) is 23.0. The van der Waals surface area contributed by atoms with E-state index in [4.69, 9.17) is 16.3 Å². The van der Waals surface area contributed by atoms with Crippen LogP contribution in [0, 0.1) is 0 Å². The van der Waals surface area contributed by atoms with Crippen molar-refractivity contribution < 1.29 is 4.74 Å². The van der Waals surface area contributed by atoms with E-state index < -0.39 is 0 Å². The summed E-state index contributed by atoms with van der Waals surface area (Å²) in [4.78, 5) is 8.53. The molecule has 0 amide bonds. The van der Waals surface area contributed by atoms with E-state index in [2.05, 4.69) is 20.6 Å². The number of hydrogen-bond acceptors (Lipinski definition) is 3. The molecule has 0 bridgehead atoms. The molecule has 3 aromatic rings. The van der Waals surface area contributed by atoms with Crippen LogP contribution < -0.4 is 15.4 Å². The van der Waals surface area contributed by atoms with Crippen molar-refractivity contribution in [3.8, 4) is 5.75 Å². The lowest BCUT2D eigenvalue weighted by atomic mass is 10.2. The van der Waals surface area contributed by atoms with Crippen LogP contribution in [0.1, 0.15) is 16.8 Å². The number of halogens is 2. The Labute approximate surface area is 193 Å². The number of aliphatic imine (C=N–C) groups is 1. The van der Waals surface area contributed by atoms with Crippen molar-refractivity contribution in [2.24, 2.45) is 4.99 Å². The maximum absolute atomic E-state index is 6.03. The number of ether oxygens (including phenoxy) is 1. The van der Waals surface area contributed by atoms with Crippen molar-refractivity contribution in [2.45, 2.75) is 19.7 Å². The van der Waals surface area contributed by atoms with Crippen molar-refractivity contribution in [1.29, 1.82) is 0 Å². The van der Waals surface area contributed by atoms with Crippen molar-refractivity contribution in [3.63, 3.8) is 0 Å². The average Bonchev–Trinajstić information content (AvgIpc) is 2.73. The highest BCUT2D eigenvalue weighted by atomic mass is 127. The lowest BCUT2D eigenvalue weighted by Gasteiger charge is -2.13. The number of nitrogens with zero attached hydrogens (tertiary/aromatic N) is 2. The first-order valence-electron chi connectivity index (χ1n) is 9.03. The first-order valence-corrected chi connectivity index (χ1v) is 9.41. The number of aromatic nitrogens is 1. The van der Waals surface area contributed by atoms with Gasteiger partial charge in [0.2, 0.25) is 0 Å². The number of nitrogens with one attached hydrogen (secondary N) is 2. The first-order chi connectivity index (χ1) is 13.7. The number of pyridine rings is 1. The molecule has 2 aromatic carbocycles.